The van der Waals surface area contributed by atoms with Gasteiger partial charge in [-0.25, -0.2) is 14.4 Å². The summed E-state index contributed by atoms with van der Waals surface area (Å²) in [5, 5.41) is 3.10. The van der Waals surface area contributed by atoms with Crippen LogP contribution in [0.25, 0.3) is 0 Å². The Hall–Kier alpha value is -1.49. The van der Waals surface area contributed by atoms with Crippen LogP contribution in [0.4, 0.5) is 10.3 Å². The number of nitrogens with one attached hydrogen (secondary N) is 1. The molecular weight excluding hydrogens is 237 g/mol. The highest BCUT2D eigenvalue weighted by Gasteiger charge is 2.14. The van der Waals surface area contributed by atoms with Crippen LogP contribution < -0.4 is 5.32 Å². The molecule has 0 bridgehead atoms. The monoisotopic (exact) mass is 249 g/mol. The lowest BCUT2D eigenvalue weighted by atomic mass is 10.2. The third-order valence-electron chi connectivity index (χ3n) is 2.84. The zero-order valence-electron chi connectivity index (χ0n) is 9.24. The fourth-order valence-electron chi connectivity index (χ4n) is 2.05. The number of aromatic nitrogens is 2. The third-order valence-corrected chi connectivity index (χ3v) is 4.08. The molecule has 1 aliphatic carbocycles. The molecule has 2 heterocycles. The maximum atomic E-state index is 12.6. The van der Waals surface area contributed by atoms with Crippen LogP contribution in [-0.2, 0) is 19.4 Å². The van der Waals surface area contributed by atoms with Crippen molar-refractivity contribution in [1.29, 1.82) is 0 Å². The second-order valence-electron chi connectivity index (χ2n) is 4.09. The van der Waals surface area contributed by atoms with E-state index in [1.165, 1.54) is 47.0 Å². The minimum Gasteiger partial charge on any atom is -0.349 e. The molecule has 3 rings (SSSR count). The lowest BCUT2D eigenvalue weighted by Gasteiger charge is -2.01. The summed E-state index contributed by atoms with van der Waals surface area (Å²) in [6, 6.07) is 2.25. The molecule has 1 N–H and O–H groups in total. The molecule has 0 aromatic carbocycles. The summed E-state index contributed by atoms with van der Waals surface area (Å²) in [7, 11) is 0. The standard InChI is InChI=1S/C12H12FN3S/c13-9-5-14-12(15-6-9)16-7-10-4-8-2-1-3-11(8)17-10/h4-6H,1-3,7H2,(H,14,15,16). The molecular formula is C12H12FN3S. The number of thiophene rings is 1. The second-order valence-corrected chi connectivity index (χ2v) is 5.31. The van der Waals surface area contributed by atoms with Gasteiger partial charge in [0.2, 0.25) is 5.95 Å². The Bertz CT molecular complexity index is 500. The van der Waals surface area contributed by atoms with E-state index in [-0.39, 0.29) is 0 Å². The van der Waals surface area contributed by atoms with E-state index in [0.29, 0.717) is 12.5 Å². The Kier molecular flexibility index (Phi) is 2.76. The van der Waals surface area contributed by atoms with Crippen LogP contribution in [0.15, 0.2) is 18.5 Å². The number of anilines is 1. The summed E-state index contributed by atoms with van der Waals surface area (Å²) in [6.07, 6.45) is 6.05. The number of rotatable bonds is 3. The molecule has 0 saturated carbocycles. The van der Waals surface area contributed by atoms with Gasteiger partial charge >= 0.3 is 0 Å². The van der Waals surface area contributed by atoms with E-state index in [2.05, 4.69) is 21.4 Å². The van der Waals surface area contributed by atoms with Crippen molar-refractivity contribution >= 4 is 17.3 Å². The first-order chi connectivity index (χ1) is 8.31. The van der Waals surface area contributed by atoms with Crippen LogP contribution in [0.1, 0.15) is 21.7 Å². The first-order valence-corrected chi connectivity index (χ1v) is 6.45. The van der Waals surface area contributed by atoms with Crippen LogP contribution in [0.5, 0.6) is 0 Å². The van der Waals surface area contributed by atoms with Gasteiger partial charge < -0.3 is 5.32 Å². The highest BCUT2D eigenvalue weighted by molar-refractivity contribution is 7.12. The highest BCUT2D eigenvalue weighted by Crippen LogP contribution is 2.30. The first kappa shape index (κ1) is 10.7. The van der Waals surface area contributed by atoms with Gasteiger partial charge in [-0.1, -0.05) is 0 Å². The number of halogens is 1. The van der Waals surface area contributed by atoms with Crippen molar-refractivity contribution in [2.75, 3.05) is 5.32 Å². The molecule has 5 heteroatoms. The Morgan fingerprint density at radius 1 is 1.29 bits per heavy atom. The second kappa shape index (κ2) is 4.41. The quantitative estimate of drug-likeness (QED) is 0.909. The predicted molar refractivity (Wildman–Crippen MR) is 65.7 cm³/mol. The Morgan fingerprint density at radius 2 is 2.12 bits per heavy atom. The van der Waals surface area contributed by atoms with E-state index in [0.717, 1.165) is 0 Å². The van der Waals surface area contributed by atoms with Crippen molar-refractivity contribution in [3.63, 3.8) is 0 Å². The number of fused-ring (bicyclic) bond motifs is 1. The molecule has 2 aromatic heterocycles. The van der Waals surface area contributed by atoms with Crippen molar-refractivity contribution in [3.05, 3.63) is 39.6 Å². The van der Waals surface area contributed by atoms with Gasteiger partial charge in [0.25, 0.3) is 0 Å². The molecule has 0 aliphatic heterocycles. The van der Waals surface area contributed by atoms with Crippen molar-refractivity contribution in [2.24, 2.45) is 0 Å². The molecule has 3 nitrogen and oxygen atoms in total. The molecule has 0 spiro atoms. The summed E-state index contributed by atoms with van der Waals surface area (Å²) in [4.78, 5) is 10.5. The number of hydrogen-bond acceptors (Lipinski definition) is 4. The lowest BCUT2D eigenvalue weighted by Crippen LogP contribution is -2.02. The van der Waals surface area contributed by atoms with Crippen molar-refractivity contribution in [1.82, 2.24) is 9.97 Å². The molecule has 88 valence electrons. The fraction of sp³-hybridized carbons (Fsp3) is 0.333. The van der Waals surface area contributed by atoms with E-state index in [9.17, 15) is 4.39 Å². The normalized spacial score (nSPS) is 13.7. The summed E-state index contributed by atoms with van der Waals surface area (Å²) in [6.45, 7) is 0.712. The van der Waals surface area contributed by atoms with Gasteiger partial charge in [0.1, 0.15) is 0 Å². The third kappa shape index (κ3) is 2.29. The maximum absolute atomic E-state index is 12.6. The average molecular weight is 249 g/mol. The molecule has 17 heavy (non-hydrogen) atoms. The van der Waals surface area contributed by atoms with Gasteiger partial charge in [-0.2, -0.15) is 0 Å². The minimum absolute atomic E-state index is 0.411. The molecule has 0 atom stereocenters. The molecule has 2 aromatic rings. The average Bonchev–Trinajstić information content (AvgIpc) is 2.88. The molecule has 0 unspecified atom stereocenters. The van der Waals surface area contributed by atoms with E-state index < -0.39 is 5.82 Å². The molecule has 0 fully saturated rings. The smallest absolute Gasteiger partial charge is 0.223 e. The van der Waals surface area contributed by atoms with Crippen LogP contribution >= 0.6 is 11.3 Å². The van der Waals surface area contributed by atoms with Gasteiger partial charge in [0, 0.05) is 9.75 Å². The van der Waals surface area contributed by atoms with Crippen LogP contribution in [0, 0.1) is 5.82 Å². The Morgan fingerprint density at radius 3 is 2.88 bits per heavy atom. The number of nitrogens with zero attached hydrogens (tertiary/aromatic N) is 2. The first-order valence-electron chi connectivity index (χ1n) is 5.63. The SMILES string of the molecule is Fc1cnc(NCc2cc3c(s2)CCC3)nc1. The number of aryl methyl sites for hydroxylation is 2. The summed E-state index contributed by atoms with van der Waals surface area (Å²) >= 11 is 1.85. The zero-order chi connectivity index (χ0) is 11.7. The van der Waals surface area contributed by atoms with Gasteiger partial charge in [0.05, 0.1) is 18.9 Å². The van der Waals surface area contributed by atoms with Crippen molar-refractivity contribution in [3.8, 4) is 0 Å². The Labute approximate surface area is 103 Å². The lowest BCUT2D eigenvalue weighted by molar-refractivity contribution is 0.614. The van der Waals surface area contributed by atoms with E-state index >= 15 is 0 Å². The van der Waals surface area contributed by atoms with Crippen LogP contribution in [0.3, 0.4) is 0 Å². The topological polar surface area (TPSA) is 37.8 Å². The molecule has 0 radical (unpaired) electrons. The van der Waals surface area contributed by atoms with E-state index in [4.69, 9.17) is 0 Å². The summed E-state index contributed by atoms with van der Waals surface area (Å²) in [5.41, 5.74) is 1.49. The van der Waals surface area contributed by atoms with E-state index in [1.807, 2.05) is 11.3 Å². The van der Waals surface area contributed by atoms with Crippen LogP contribution in [-0.4, -0.2) is 9.97 Å². The van der Waals surface area contributed by atoms with Crippen LogP contribution in [0.2, 0.25) is 0 Å². The summed E-state index contributed by atoms with van der Waals surface area (Å²) in [5.74, 6) is 0.0607. The zero-order valence-corrected chi connectivity index (χ0v) is 10.1. The highest BCUT2D eigenvalue weighted by atomic mass is 32.1. The van der Waals surface area contributed by atoms with Gasteiger partial charge in [0.15, 0.2) is 5.82 Å². The number of hydrogen-bond donors (Lipinski definition) is 1. The maximum Gasteiger partial charge on any atom is 0.223 e. The largest absolute Gasteiger partial charge is 0.349 e. The Balaban J connectivity index is 1.65. The minimum atomic E-state index is -0.411. The van der Waals surface area contributed by atoms with Gasteiger partial charge in [-0.3, -0.25) is 0 Å². The molecule has 1 aliphatic rings. The van der Waals surface area contributed by atoms with Crippen molar-refractivity contribution < 1.29 is 4.39 Å². The predicted octanol–water partition coefficient (Wildman–Crippen LogP) is 2.78. The van der Waals surface area contributed by atoms with Crippen molar-refractivity contribution in [2.45, 2.75) is 25.8 Å². The van der Waals surface area contributed by atoms with E-state index in [1.54, 1.807) is 0 Å². The van der Waals surface area contributed by atoms with Gasteiger partial charge in [-0.15, -0.1) is 11.3 Å². The molecule has 0 saturated heterocycles. The summed E-state index contributed by atoms with van der Waals surface area (Å²) < 4.78 is 12.6. The molecule has 0 amide bonds. The fourth-order valence-corrected chi connectivity index (χ4v) is 3.25. The van der Waals surface area contributed by atoms with Gasteiger partial charge in [-0.05, 0) is 30.9 Å².